The number of nitrogens with one attached hydrogen (secondary N) is 2. The summed E-state index contributed by atoms with van der Waals surface area (Å²) in [6.07, 6.45) is 5.22. The third-order valence-electron chi connectivity index (χ3n) is 9.16. The van der Waals surface area contributed by atoms with Crippen LogP contribution >= 0.6 is 11.6 Å². The Labute approximate surface area is 286 Å². The first-order chi connectivity index (χ1) is 23.9. The zero-order valence-electron chi connectivity index (χ0n) is 26.5. The van der Waals surface area contributed by atoms with Crippen molar-refractivity contribution in [2.45, 2.75) is 45.1 Å². The number of rotatable bonds is 10. The number of aromatic nitrogens is 5. The number of hydrogen-bond donors (Lipinski definition) is 3. The molecule has 0 radical (unpaired) electrons. The quantitative estimate of drug-likeness (QED) is 0.142. The Hall–Kier alpha value is -5.10. The van der Waals surface area contributed by atoms with Gasteiger partial charge in [-0.2, -0.15) is 5.10 Å². The van der Waals surface area contributed by atoms with Crippen LogP contribution in [0.15, 0.2) is 78.9 Å². The molecule has 1 saturated carbocycles. The van der Waals surface area contributed by atoms with E-state index in [4.69, 9.17) is 21.3 Å². The van der Waals surface area contributed by atoms with Crippen LogP contribution in [0.25, 0.3) is 27.5 Å². The highest BCUT2D eigenvalue weighted by Crippen LogP contribution is 2.42. The third kappa shape index (κ3) is 6.52. The highest BCUT2D eigenvalue weighted by molar-refractivity contribution is 6.30. The van der Waals surface area contributed by atoms with Crippen molar-refractivity contribution in [3.8, 4) is 5.88 Å². The smallest absolute Gasteiger partial charge is 0.255 e. The predicted molar refractivity (Wildman–Crippen MR) is 186 cm³/mol. The molecule has 3 aromatic carbocycles. The van der Waals surface area contributed by atoms with E-state index in [0.717, 1.165) is 59.2 Å². The number of H-pyrrole nitrogens is 1. The number of aliphatic hydroxyl groups excluding tert-OH is 1. The van der Waals surface area contributed by atoms with Gasteiger partial charge in [0.2, 0.25) is 5.88 Å². The van der Waals surface area contributed by atoms with Crippen LogP contribution in [0.3, 0.4) is 0 Å². The Balaban J connectivity index is 0.930. The van der Waals surface area contributed by atoms with Crippen molar-refractivity contribution in [1.82, 2.24) is 29.6 Å². The van der Waals surface area contributed by atoms with E-state index in [2.05, 4.69) is 31.5 Å². The number of pyridine rings is 1. The highest BCUT2D eigenvalue weighted by atomic mass is 35.5. The molecule has 12 heteroatoms. The van der Waals surface area contributed by atoms with Crippen LogP contribution in [0.2, 0.25) is 5.02 Å². The van der Waals surface area contributed by atoms with Crippen molar-refractivity contribution in [2.75, 3.05) is 18.4 Å². The molecule has 1 aliphatic heterocycles. The maximum Gasteiger partial charge on any atom is 0.255 e. The molecule has 49 heavy (non-hydrogen) atoms. The molecule has 3 aromatic heterocycles. The third-order valence-corrected chi connectivity index (χ3v) is 9.39. The maximum absolute atomic E-state index is 14.2. The Morgan fingerprint density at radius 1 is 1.06 bits per heavy atom. The summed E-state index contributed by atoms with van der Waals surface area (Å²) in [5.41, 5.74) is 6.95. The molecule has 6 aromatic rings. The summed E-state index contributed by atoms with van der Waals surface area (Å²) < 4.78 is 21.7. The van der Waals surface area contributed by atoms with Crippen LogP contribution < -0.4 is 10.1 Å². The molecule has 4 heterocycles. The summed E-state index contributed by atoms with van der Waals surface area (Å²) in [6.45, 7) is 1.78. The van der Waals surface area contributed by atoms with E-state index in [-0.39, 0.29) is 19.2 Å². The second kappa shape index (κ2) is 13.1. The van der Waals surface area contributed by atoms with Gasteiger partial charge in [0.05, 0.1) is 28.8 Å². The number of hydrogen-bond acceptors (Lipinski definition) is 7. The number of halogens is 2. The van der Waals surface area contributed by atoms with Crippen LogP contribution in [-0.4, -0.2) is 53.7 Å². The molecule has 248 valence electrons. The van der Waals surface area contributed by atoms with Crippen LogP contribution in [0.1, 0.15) is 58.3 Å². The first kappa shape index (κ1) is 31.2. The number of fused-ring (bicyclic) bond motifs is 2. The van der Waals surface area contributed by atoms with Gasteiger partial charge in [-0.15, -0.1) is 0 Å². The molecule has 3 N–H and O–H groups in total. The second-order valence-electron chi connectivity index (χ2n) is 12.5. The molecule has 2 aliphatic rings. The summed E-state index contributed by atoms with van der Waals surface area (Å²) in [6, 6.07) is 21.2. The van der Waals surface area contributed by atoms with Gasteiger partial charge in [0.15, 0.2) is 0 Å². The van der Waals surface area contributed by atoms with Crippen molar-refractivity contribution in [1.29, 1.82) is 0 Å². The SMILES string of the molecule is O=C(Nc1ccc2n[nH]c(C3CC3)c2c1)c1ccc2c(c1)nc(CN1CC=C(c3cccc(OCc4ccc(Cl)cc4F)n3)CC1)n2CO. The molecular weight excluding hydrogens is 645 g/mol. The van der Waals surface area contributed by atoms with Crippen molar-refractivity contribution in [2.24, 2.45) is 0 Å². The number of amides is 1. The minimum atomic E-state index is -0.416. The number of aromatic amines is 1. The first-order valence-corrected chi connectivity index (χ1v) is 16.6. The molecule has 0 saturated heterocycles. The molecule has 10 nitrogen and oxygen atoms in total. The zero-order valence-corrected chi connectivity index (χ0v) is 27.3. The van der Waals surface area contributed by atoms with Crippen LogP contribution in [-0.2, 0) is 19.9 Å². The maximum atomic E-state index is 14.2. The lowest BCUT2D eigenvalue weighted by Gasteiger charge is -2.26. The van der Waals surface area contributed by atoms with E-state index in [1.807, 2.05) is 36.4 Å². The topological polar surface area (TPSA) is 121 Å². The Kier molecular flexibility index (Phi) is 8.32. The number of ether oxygens (including phenoxy) is 1. The minimum absolute atomic E-state index is 0.0493. The van der Waals surface area contributed by atoms with E-state index in [9.17, 15) is 14.3 Å². The van der Waals surface area contributed by atoms with Crippen LogP contribution in [0, 0.1) is 5.82 Å². The Morgan fingerprint density at radius 3 is 2.76 bits per heavy atom. The molecule has 0 bridgehead atoms. The molecule has 0 spiro atoms. The molecule has 1 amide bonds. The summed E-state index contributed by atoms with van der Waals surface area (Å²) in [5.74, 6) is 1.01. The second-order valence-corrected chi connectivity index (χ2v) is 12.9. The highest BCUT2D eigenvalue weighted by Gasteiger charge is 2.27. The lowest BCUT2D eigenvalue weighted by atomic mass is 10.0. The standard InChI is InChI=1S/C37H33ClFN7O3/c38-26-8-6-25(29(39)17-26)20-49-35-3-1-2-30(42-35)22-12-14-45(15-13-22)19-34-41-32-16-24(7-11-33(32)46(34)21-47)37(48)40-27-9-10-31-28(18-27)36(44-43-31)23-4-5-23/h1-3,6-12,16-18,23,47H,4-5,13-15,19-21H2,(H,40,48)(H,43,44). The van der Waals surface area contributed by atoms with Gasteiger partial charge >= 0.3 is 0 Å². The van der Waals surface area contributed by atoms with Crippen molar-refractivity contribution >= 4 is 50.7 Å². The predicted octanol–water partition coefficient (Wildman–Crippen LogP) is 7.05. The van der Waals surface area contributed by atoms with E-state index in [1.54, 1.807) is 34.9 Å². The number of anilines is 1. The van der Waals surface area contributed by atoms with E-state index in [0.29, 0.717) is 58.1 Å². The number of benzene rings is 3. The fourth-order valence-corrected chi connectivity index (χ4v) is 6.50. The van der Waals surface area contributed by atoms with E-state index >= 15 is 0 Å². The Bertz CT molecular complexity index is 2240. The van der Waals surface area contributed by atoms with Gasteiger partial charge in [-0.05, 0) is 79.4 Å². The molecular formula is C37H33ClFN7O3. The average molecular weight is 678 g/mol. The number of aliphatic hydroxyl groups is 1. The fourth-order valence-electron chi connectivity index (χ4n) is 6.35. The lowest BCUT2D eigenvalue weighted by molar-refractivity contribution is 0.102. The van der Waals surface area contributed by atoms with Crippen LogP contribution in [0.5, 0.6) is 5.88 Å². The van der Waals surface area contributed by atoms with Gasteiger partial charge in [-0.3, -0.25) is 14.8 Å². The van der Waals surface area contributed by atoms with E-state index < -0.39 is 5.82 Å². The van der Waals surface area contributed by atoms with Gasteiger partial charge < -0.3 is 19.7 Å². The first-order valence-electron chi connectivity index (χ1n) is 16.3. The lowest BCUT2D eigenvalue weighted by Crippen LogP contribution is -2.29. The van der Waals surface area contributed by atoms with Crippen molar-refractivity contribution < 1.29 is 19.0 Å². The van der Waals surface area contributed by atoms with E-state index in [1.165, 1.54) is 6.07 Å². The summed E-state index contributed by atoms with van der Waals surface area (Å²) >= 11 is 5.86. The van der Waals surface area contributed by atoms with Crippen molar-refractivity contribution in [3.63, 3.8) is 0 Å². The fraction of sp³-hybridized carbons (Fsp3) is 0.243. The number of nitrogens with zero attached hydrogens (tertiary/aromatic N) is 5. The molecule has 0 atom stereocenters. The van der Waals surface area contributed by atoms with Gasteiger partial charge in [-0.25, -0.2) is 14.4 Å². The van der Waals surface area contributed by atoms with Gasteiger partial charge in [-0.1, -0.05) is 29.8 Å². The average Bonchev–Trinajstić information content (AvgIpc) is 3.77. The summed E-state index contributed by atoms with van der Waals surface area (Å²) in [4.78, 5) is 25.0. The van der Waals surface area contributed by atoms with Gasteiger partial charge in [0.25, 0.3) is 5.91 Å². The minimum Gasteiger partial charge on any atom is -0.473 e. The number of imidazole rings is 1. The van der Waals surface area contributed by atoms with Gasteiger partial charge in [0, 0.05) is 58.0 Å². The number of carbonyl (C=O) groups excluding carboxylic acids is 1. The largest absolute Gasteiger partial charge is 0.473 e. The summed E-state index contributed by atoms with van der Waals surface area (Å²) in [7, 11) is 0. The van der Waals surface area contributed by atoms with Crippen LogP contribution in [0.4, 0.5) is 10.1 Å². The number of carbonyl (C=O) groups is 1. The van der Waals surface area contributed by atoms with Crippen molar-refractivity contribution in [3.05, 3.63) is 118 Å². The molecule has 8 rings (SSSR count). The summed E-state index contributed by atoms with van der Waals surface area (Å²) in [5, 5.41) is 22.2. The molecule has 1 aliphatic carbocycles. The zero-order chi connectivity index (χ0) is 33.5. The normalized spacial score (nSPS) is 15.1. The molecule has 0 unspecified atom stereocenters. The monoisotopic (exact) mass is 677 g/mol. The molecule has 1 fully saturated rings. The van der Waals surface area contributed by atoms with Gasteiger partial charge in [0.1, 0.15) is 25.0 Å². The Morgan fingerprint density at radius 2 is 1.96 bits per heavy atom.